The minimum absolute atomic E-state index is 0.183. The van der Waals surface area contributed by atoms with E-state index in [4.69, 9.17) is 4.74 Å². The molecule has 0 aliphatic rings. The van der Waals surface area contributed by atoms with E-state index in [9.17, 15) is 8.42 Å². The van der Waals surface area contributed by atoms with Gasteiger partial charge >= 0.3 is 0 Å². The number of benzene rings is 1. The van der Waals surface area contributed by atoms with Gasteiger partial charge in [0.1, 0.15) is 5.75 Å². The van der Waals surface area contributed by atoms with Crippen molar-refractivity contribution in [2.24, 2.45) is 0 Å². The highest BCUT2D eigenvalue weighted by Crippen LogP contribution is 2.25. The fourth-order valence-corrected chi connectivity index (χ4v) is 3.91. The lowest BCUT2D eigenvalue weighted by Gasteiger charge is -2.06. The smallest absolute Gasteiger partial charge is 0.224 e. The number of ether oxygens (including phenoxy) is 1. The minimum atomic E-state index is -3.56. The second-order valence-electron chi connectivity index (χ2n) is 3.86. The van der Waals surface area contributed by atoms with Crippen molar-refractivity contribution in [1.82, 2.24) is 9.19 Å². The lowest BCUT2D eigenvalue weighted by molar-refractivity contribution is 0.414. The molecule has 0 amide bonds. The van der Waals surface area contributed by atoms with Crippen LogP contribution in [-0.2, 0) is 9.84 Å². The van der Waals surface area contributed by atoms with Gasteiger partial charge in [-0.1, -0.05) is 0 Å². The van der Waals surface area contributed by atoms with E-state index < -0.39 is 9.84 Å². The SMILES string of the molecule is COc1ccc(S(=O)(=O)c2cc(C)nn2SC)cc1. The zero-order valence-corrected chi connectivity index (χ0v) is 12.5. The maximum Gasteiger partial charge on any atom is 0.224 e. The number of methoxy groups -OCH3 is 1. The summed E-state index contributed by atoms with van der Waals surface area (Å²) in [5, 5.41) is 4.31. The van der Waals surface area contributed by atoms with Gasteiger partial charge in [-0.2, -0.15) is 9.19 Å². The molecule has 0 spiro atoms. The van der Waals surface area contributed by atoms with Crippen LogP contribution in [0.25, 0.3) is 0 Å². The largest absolute Gasteiger partial charge is 0.497 e. The van der Waals surface area contributed by atoms with Crippen LogP contribution in [0.15, 0.2) is 40.3 Å². The van der Waals surface area contributed by atoms with Gasteiger partial charge in [-0.15, -0.1) is 0 Å². The quantitative estimate of drug-likeness (QED) is 0.865. The second-order valence-corrected chi connectivity index (χ2v) is 6.47. The van der Waals surface area contributed by atoms with Gasteiger partial charge in [-0.05, 0) is 49.2 Å². The van der Waals surface area contributed by atoms with Crippen LogP contribution in [0.2, 0.25) is 0 Å². The molecular formula is C12H14N2O3S2. The summed E-state index contributed by atoms with van der Waals surface area (Å²) in [5.74, 6) is 0.619. The van der Waals surface area contributed by atoms with E-state index in [2.05, 4.69) is 5.10 Å². The van der Waals surface area contributed by atoms with Gasteiger partial charge in [-0.25, -0.2) is 8.42 Å². The van der Waals surface area contributed by atoms with Crippen LogP contribution in [-0.4, -0.2) is 31.0 Å². The van der Waals surface area contributed by atoms with Gasteiger partial charge in [-0.3, -0.25) is 0 Å². The fraction of sp³-hybridized carbons (Fsp3) is 0.250. The summed E-state index contributed by atoms with van der Waals surface area (Å²) in [4.78, 5) is 0.225. The molecule has 2 aromatic rings. The summed E-state index contributed by atoms with van der Waals surface area (Å²) in [6.45, 7) is 1.76. The molecule has 1 aromatic heterocycles. The predicted octanol–water partition coefficient (Wildman–Crippen LogP) is 2.16. The Morgan fingerprint density at radius 2 is 1.89 bits per heavy atom. The number of nitrogens with zero attached hydrogens (tertiary/aromatic N) is 2. The fourth-order valence-electron chi connectivity index (χ4n) is 1.64. The number of sulfone groups is 1. The molecule has 19 heavy (non-hydrogen) atoms. The first kappa shape index (κ1) is 14.0. The van der Waals surface area contributed by atoms with Crippen molar-refractivity contribution < 1.29 is 13.2 Å². The lowest BCUT2D eigenvalue weighted by atomic mass is 10.3. The summed E-state index contributed by atoms with van der Waals surface area (Å²) >= 11 is 1.25. The molecule has 0 saturated heterocycles. The molecule has 7 heteroatoms. The molecule has 0 saturated carbocycles. The normalized spacial score (nSPS) is 11.5. The van der Waals surface area contributed by atoms with E-state index >= 15 is 0 Å². The summed E-state index contributed by atoms with van der Waals surface area (Å²) in [6.07, 6.45) is 1.78. The number of aryl methyl sites for hydroxylation is 1. The average molecular weight is 298 g/mol. The van der Waals surface area contributed by atoms with E-state index in [0.29, 0.717) is 11.4 Å². The van der Waals surface area contributed by atoms with E-state index in [0.717, 1.165) is 0 Å². The van der Waals surface area contributed by atoms with E-state index in [-0.39, 0.29) is 9.92 Å². The molecule has 5 nitrogen and oxygen atoms in total. The first-order chi connectivity index (χ1) is 8.98. The van der Waals surface area contributed by atoms with Crippen molar-refractivity contribution in [1.29, 1.82) is 0 Å². The molecule has 0 unspecified atom stereocenters. The number of aromatic nitrogens is 2. The third-order valence-corrected chi connectivity index (χ3v) is 5.06. The number of rotatable bonds is 4. The van der Waals surface area contributed by atoms with Crippen LogP contribution in [0.1, 0.15) is 5.69 Å². The maximum atomic E-state index is 12.5. The maximum absolute atomic E-state index is 12.5. The standard InChI is InChI=1S/C12H14N2O3S2/c1-9-8-12(14(13-9)18-3)19(15,16)11-6-4-10(17-2)5-7-11/h4-8H,1-3H3. The first-order valence-electron chi connectivity index (χ1n) is 5.49. The molecule has 0 bridgehead atoms. The topological polar surface area (TPSA) is 61.2 Å². The van der Waals surface area contributed by atoms with Crippen molar-refractivity contribution in [3.63, 3.8) is 0 Å². The Morgan fingerprint density at radius 1 is 1.26 bits per heavy atom. The lowest BCUT2D eigenvalue weighted by Crippen LogP contribution is -2.07. The Balaban J connectivity index is 2.51. The molecular weight excluding hydrogens is 284 g/mol. The number of hydrogen-bond acceptors (Lipinski definition) is 5. The molecule has 0 aliphatic heterocycles. The Morgan fingerprint density at radius 3 is 2.42 bits per heavy atom. The predicted molar refractivity (Wildman–Crippen MR) is 74.3 cm³/mol. The van der Waals surface area contributed by atoms with Crippen LogP contribution < -0.4 is 4.74 Å². The zero-order valence-electron chi connectivity index (χ0n) is 10.8. The summed E-state index contributed by atoms with van der Waals surface area (Å²) in [6, 6.07) is 7.87. The van der Waals surface area contributed by atoms with Gasteiger partial charge in [0.15, 0.2) is 5.03 Å². The van der Waals surface area contributed by atoms with Crippen molar-refractivity contribution in [2.75, 3.05) is 13.4 Å². The Labute approximate surface area is 116 Å². The molecule has 0 N–H and O–H groups in total. The van der Waals surface area contributed by atoms with E-state index in [1.54, 1.807) is 31.4 Å². The molecule has 1 aromatic carbocycles. The van der Waals surface area contributed by atoms with Crippen LogP contribution in [0.5, 0.6) is 5.75 Å². The molecule has 0 atom stereocenters. The van der Waals surface area contributed by atoms with Gasteiger partial charge in [0, 0.05) is 6.26 Å². The van der Waals surface area contributed by atoms with E-state index in [1.165, 1.54) is 35.3 Å². The van der Waals surface area contributed by atoms with Crippen molar-refractivity contribution in [2.45, 2.75) is 16.8 Å². The van der Waals surface area contributed by atoms with Gasteiger partial charge in [0.25, 0.3) is 0 Å². The van der Waals surface area contributed by atoms with Gasteiger partial charge < -0.3 is 4.74 Å². The van der Waals surface area contributed by atoms with Gasteiger partial charge in [0.2, 0.25) is 9.84 Å². The second kappa shape index (κ2) is 5.26. The molecule has 1 heterocycles. The molecule has 0 aliphatic carbocycles. The van der Waals surface area contributed by atoms with Gasteiger partial charge in [0.05, 0.1) is 17.7 Å². The van der Waals surface area contributed by atoms with Crippen LogP contribution in [0.3, 0.4) is 0 Å². The zero-order chi connectivity index (χ0) is 14.0. The van der Waals surface area contributed by atoms with Crippen molar-refractivity contribution in [3.05, 3.63) is 36.0 Å². The molecule has 0 radical (unpaired) electrons. The van der Waals surface area contributed by atoms with Crippen LogP contribution in [0.4, 0.5) is 0 Å². The molecule has 102 valence electrons. The average Bonchev–Trinajstić information content (AvgIpc) is 2.81. The van der Waals surface area contributed by atoms with Crippen LogP contribution in [0, 0.1) is 6.92 Å². The Kier molecular flexibility index (Phi) is 3.86. The van der Waals surface area contributed by atoms with Crippen molar-refractivity contribution >= 4 is 21.8 Å². The summed E-state index contributed by atoms with van der Waals surface area (Å²) in [7, 11) is -2.02. The van der Waals surface area contributed by atoms with Crippen molar-refractivity contribution in [3.8, 4) is 5.75 Å². The molecule has 0 fully saturated rings. The third kappa shape index (κ3) is 2.62. The van der Waals surface area contributed by atoms with Crippen LogP contribution >= 0.6 is 11.9 Å². The number of hydrogen-bond donors (Lipinski definition) is 0. The highest BCUT2D eigenvalue weighted by Gasteiger charge is 2.23. The van der Waals surface area contributed by atoms with E-state index in [1.807, 2.05) is 0 Å². The highest BCUT2D eigenvalue weighted by molar-refractivity contribution is 7.98. The third-order valence-electron chi connectivity index (χ3n) is 2.59. The minimum Gasteiger partial charge on any atom is -0.497 e. The Bertz CT molecular complexity index is 676. The Hall–Kier alpha value is -1.47. The summed E-state index contributed by atoms with van der Waals surface area (Å²) in [5.41, 5.74) is 0.668. The first-order valence-corrected chi connectivity index (χ1v) is 8.16. The summed E-state index contributed by atoms with van der Waals surface area (Å²) < 4.78 is 31.5. The molecule has 2 rings (SSSR count). The highest BCUT2D eigenvalue weighted by atomic mass is 32.2. The monoisotopic (exact) mass is 298 g/mol.